The Morgan fingerprint density at radius 3 is 2.32 bits per heavy atom. The summed E-state index contributed by atoms with van der Waals surface area (Å²) in [6, 6.07) is 9.10. The van der Waals surface area contributed by atoms with Crippen molar-refractivity contribution < 1.29 is 37.1 Å². The van der Waals surface area contributed by atoms with Gasteiger partial charge in [0.25, 0.3) is 0 Å². The van der Waals surface area contributed by atoms with E-state index >= 15 is 4.39 Å². The van der Waals surface area contributed by atoms with Gasteiger partial charge in [0.1, 0.15) is 11.2 Å². The quantitative estimate of drug-likeness (QED) is 0.290. The smallest absolute Gasteiger partial charge is 0.475 e. The standard InChI is InChI=1S/C29H34Cl2FN3O2.C2HF3O2/c1-28(2,3)15-17-16-35(27(37)33-19-8-5-4-6-9-19)25(20-10-7-11-22(31)24(20)32)29(17)21-13-12-18(30)14-23(21)34-26(29)36;3-2(4,5)1(6)7/h7,10-14,17,19,25H,4-6,8-9,15-16H2,1-3H3,(H,33,37)(H,34,36);(H,6,7)/t17-,25-,29+;/m1./s1. The Balaban J connectivity index is 0.000000566. The van der Waals surface area contributed by atoms with Gasteiger partial charge in [0.2, 0.25) is 5.91 Å². The van der Waals surface area contributed by atoms with Crippen molar-refractivity contribution in [2.75, 3.05) is 11.9 Å². The number of carbonyl (C=O) groups is 3. The Bertz CT molecular complexity index is 1430. The molecule has 3 aliphatic rings. The fourth-order valence-corrected chi connectivity index (χ4v) is 7.13. The SMILES string of the molecule is CC(C)(C)C[C@@H]1CN(C(=O)NC2CCCCC2)[C@H](c2cccc(Cl)c2F)[C@]12C(=O)Nc1cc(Cl)ccc12.O=C(O)C(F)(F)F. The number of likely N-dealkylation sites (tertiary alicyclic amines) is 1. The second-order valence-electron chi connectivity index (χ2n) is 12.8. The Morgan fingerprint density at radius 2 is 1.73 bits per heavy atom. The molecule has 2 aliphatic heterocycles. The molecule has 3 atom stereocenters. The van der Waals surface area contributed by atoms with E-state index in [1.165, 1.54) is 12.5 Å². The Kier molecular flexibility index (Phi) is 9.80. The molecule has 2 aromatic carbocycles. The molecule has 7 nitrogen and oxygen atoms in total. The van der Waals surface area contributed by atoms with Crippen LogP contribution in [0.25, 0.3) is 0 Å². The lowest BCUT2D eigenvalue weighted by molar-refractivity contribution is -0.192. The van der Waals surface area contributed by atoms with Crippen LogP contribution in [0.2, 0.25) is 10.0 Å². The summed E-state index contributed by atoms with van der Waals surface area (Å²) in [6.45, 7) is 6.68. The third-order valence-electron chi connectivity index (χ3n) is 8.43. The lowest BCUT2D eigenvalue weighted by Gasteiger charge is -2.38. The molecule has 44 heavy (non-hydrogen) atoms. The van der Waals surface area contributed by atoms with Crippen LogP contribution in [0, 0.1) is 17.2 Å². The molecule has 3 amide bonds. The van der Waals surface area contributed by atoms with E-state index in [4.69, 9.17) is 33.1 Å². The third kappa shape index (κ3) is 6.78. The zero-order valence-corrected chi connectivity index (χ0v) is 26.0. The van der Waals surface area contributed by atoms with Gasteiger partial charge in [-0.05, 0) is 54.4 Å². The monoisotopic (exact) mass is 659 g/mol. The van der Waals surface area contributed by atoms with Crippen molar-refractivity contribution in [3.63, 3.8) is 0 Å². The second kappa shape index (κ2) is 12.7. The van der Waals surface area contributed by atoms with Gasteiger partial charge in [-0.25, -0.2) is 14.0 Å². The Morgan fingerprint density at radius 1 is 1.09 bits per heavy atom. The zero-order chi connectivity index (χ0) is 32.6. The van der Waals surface area contributed by atoms with Crippen LogP contribution in [0.1, 0.15) is 76.5 Å². The summed E-state index contributed by atoms with van der Waals surface area (Å²) in [6.07, 6.45) is 0.744. The Hall–Kier alpha value is -3.05. The molecule has 240 valence electrons. The van der Waals surface area contributed by atoms with E-state index in [1.54, 1.807) is 29.2 Å². The number of hydrogen-bond acceptors (Lipinski definition) is 3. The number of carbonyl (C=O) groups excluding carboxylic acids is 2. The van der Waals surface area contributed by atoms with Gasteiger partial charge in [0.15, 0.2) is 0 Å². The topological polar surface area (TPSA) is 98.7 Å². The minimum absolute atomic E-state index is 0.0331. The van der Waals surface area contributed by atoms with Gasteiger partial charge in [0.05, 0.1) is 11.1 Å². The van der Waals surface area contributed by atoms with Crippen molar-refractivity contribution in [1.82, 2.24) is 10.2 Å². The van der Waals surface area contributed by atoms with Gasteiger partial charge in [0, 0.05) is 28.9 Å². The fraction of sp³-hybridized carbons (Fsp3) is 0.516. The maximum atomic E-state index is 15.8. The number of carboxylic acids is 1. The number of benzene rings is 2. The van der Waals surface area contributed by atoms with Gasteiger partial charge in [-0.1, -0.05) is 81.4 Å². The van der Waals surface area contributed by atoms with Crippen LogP contribution < -0.4 is 10.6 Å². The molecule has 1 spiro atoms. The number of anilines is 1. The molecule has 0 unspecified atom stereocenters. The summed E-state index contributed by atoms with van der Waals surface area (Å²) < 4.78 is 47.5. The number of rotatable bonds is 3. The Labute approximate surface area is 263 Å². The summed E-state index contributed by atoms with van der Waals surface area (Å²) in [5.74, 6) is -3.85. The molecular formula is C31H35Cl2F4N3O4. The molecule has 3 N–H and O–H groups in total. The van der Waals surface area contributed by atoms with Gasteiger partial charge in [-0.15, -0.1) is 0 Å². The summed E-state index contributed by atoms with van der Waals surface area (Å²) >= 11 is 12.6. The molecule has 2 aromatic rings. The number of fused-ring (bicyclic) bond motifs is 2. The van der Waals surface area contributed by atoms with E-state index in [9.17, 15) is 22.8 Å². The van der Waals surface area contributed by atoms with Crippen molar-refractivity contribution >= 4 is 46.8 Å². The molecule has 5 rings (SSSR count). The van der Waals surface area contributed by atoms with Crippen LogP contribution in [-0.2, 0) is 15.0 Å². The number of aliphatic carboxylic acids is 1. The van der Waals surface area contributed by atoms with Gasteiger partial charge < -0.3 is 20.6 Å². The molecule has 2 fully saturated rings. The molecule has 2 heterocycles. The maximum Gasteiger partial charge on any atom is 0.490 e. The number of amides is 3. The van der Waals surface area contributed by atoms with E-state index in [1.807, 2.05) is 6.07 Å². The predicted molar refractivity (Wildman–Crippen MR) is 159 cm³/mol. The number of halogens is 6. The van der Waals surface area contributed by atoms with E-state index in [-0.39, 0.29) is 39.9 Å². The summed E-state index contributed by atoms with van der Waals surface area (Å²) in [5.41, 5.74) is 0.274. The van der Waals surface area contributed by atoms with Crippen LogP contribution in [0.4, 0.5) is 28.0 Å². The third-order valence-corrected chi connectivity index (χ3v) is 8.95. The van der Waals surface area contributed by atoms with E-state index < -0.39 is 29.4 Å². The minimum atomic E-state index is -5.08. The lowest BCUT2D eigenvalue weighted by atomic mass is 9.63. The highest BCUT2D eigenvalue weighted by molar-refractivity contribution is 6.31. The van der Waals surface area contributed by atoms with Crippen molar-refractivity contribution in [2.24, 2.45) is 11.3 Å². The van der Waals surface area contributed by atoms with Crippen LogP contribution in [0.3, 0.4) is 0 Å². The molecule has 1 saturated carbocycles. The fourth-order valence-electron chi connectivity index (χ4n) is 6.78. The highest BCUT2D eigenvalue weighted by Crippen LogP contribution is 2.60. The van der Waals surface area contributed by atoms with E-state index in [0.717, 1.165) is 31.2 Å². The zero-order valence-electron chi connectivity index (χ0n) is 24.5. The van der Waals surface area contributed by atoms with Crippen molar-refractivity contribution in [3.05, 3.63) is 63.4 Å². The molecule has 0 bridgehead atoms. The number of nitrogens with one attached hydrogen (secondary N) is 2. The summed E-state index contributed by atoms with van der Waals surface area (Å²) in [4.78, 5) is 38.6. The highest BCUT2D eigenvalue weighted by atomic mass is 35.5. The number of urea groups is 1. The predicted octanol–water partition coefficient (Wildman–Crippen LogP) is 8.11. The molecule has 1 aliphatic carbocycles. The second-order valence-corrected chi connectivity index (χ2v) is 13.6. The normalized spacial score (nSPS) is 23.6. The lowest BCUT2D eigenvalue weighted by Crippen LogP contribution is -2.49. The average molecular weight is 661 g/mol. The number of alkyl halides is 3. The molecular weight excluding hydrogens is 625 g/mol. The summed E-state index contributed by atoms with van der Waals surface area (Å²) in [5, 5.41) is 13.8. The highest BCUT2D eigenvalue weighted by Gasteiger charge is 2.65. The van der Waals surface area contributed by atoms with Crippen LogP contribution in [0.15, 0.2) is 36.4 Å². The van der Waals surface area contributed by atoms with Crippen molar-refractivity contribution in [3.8, 4) is 0 Å². The van der Waals surface area contributed by atoms with Gasteiger partial charge in [-0.3, -0.25) is 4.79 Å². The number of carboxylic acid groups (broad SMARTS) is 1. The molecule has 0 radical (unpaired) electrons. The number of nitrogens with zero attached hydrogens (tertiary/aromatic N) is 1. The first-order valence-corrected chi connectivity index (χ1v) is 15.1. The van der Waals surface area contributed by atoms with E-state index in [2.05, 4.69) is 31.4 Å². The molecule has 0 aromatic heterocycles. The maximum absolute atomic E-state index is 15.8. The summed E-state index contributed by atoms with van der Waals surface area (Å²) in [7, 11) is 0. The largest absolute Gasteiger partial charge is 0.490 e. The minimum Gasteiger partial charge on any atom is -0.475 e. The van der Waals surface area contributed by atoms with Crippen LogP contribution in [-0.4, -0.2) is 46.7 Å². The first-order valence-electron chi connectivity index (χ1n) is 14.4. The van der Waals surface area contributed by atoms with Gasteiger partial charge >= 0.3 is 18.2 Å². The van der Waals surface area contributed by atoms with Crippen molar-refractivity contribution in [1.29, 1.82) is 0 Å². The van der Waals surface area contributed by atoms with Gasteiger partial charge in [-0.2, -0.15) is 13.2 Å². The first kappa shape index (κ1) is 33.8. The van der Waals surface area contributed by atoms with Crippen molar-refractivity contribution in [2.45, 2.75) is 83.0 Å². The first-order chi connectivity index (χ1) is 20.5. The molecule has 1 saturated heterocycles. The molecule has 13 heteroatoms. The van der Waals surface area contributed by atoms with Crippen LogP contribution >= 0.6 is 23.2 Å². The van der Waals surface area contributed by atoms with Crippen LogP contribution in [0.5, 0.6) is 0 Å². The number of hydrogen-bond donors (Lipinski definition) is 3. The average Bonchev–Trinajstić information content (AvgIpc) is 3.39. The van der Waals surface area contributed by atoms with E-state index in [0.29, 0.717) is 23.7 Å².